The molecule has 3 aliphatic rings. The van der Waals surface area contributed by atoms with Gasteiger partial charge in [0.1, 0.15) is 35.4 Å². The summed E-state index contributed by atoms with van der Waals surface area (Å²) in [5, 5.41) is 25.8. The lowest BCUT2D eigenvalue weighted by Crippen LogP contribution is -2.60. The highest BCUT2D eigenvalue weighted by atomic mass is 32.2. The number of rotatable bonds is 12. The van der Waals surface area contributed by atoms with Crippen LogP contribution in [0, 0.1) is 5.41 Å². The molecule has 0 bridgehead atoms. The number of hydrogen-bond acceptors (Lipinski definition) is 12. The standard InChI is InChI=1S/C49H64N8O9S2/c1-8-49(45(60)61)22-15-11-9-10-12-17-35(52-46(62)54-42(48(4,5)6)28-56-23-21-31-16-13-14-18-41(31)68(56,63)64)44(59)57-27-33(25-39(57)43(58)55-49)66-40-26-37(38-29-67-47(53-38)50-30(2)3)51-36-24-32(65-7)19-20-34(36)40/h13-16,18-20,22,24,26,29-30,33,35,39,42H,8-12,17,21,23,25,27-28H2,1-7H3,(H,50,53)(H,55,58)(H,60,61)(H2,52,54,62)/b22-15-/t33-,35+,39+,42?,49-/m1/s1. The maximum Gasteiger partial charge on any atom is 0.333 e. The number of urea groups is 1. The average molecular weight is 973 g/mol. The Balaban J connectivity index is 1.19. The molecule has 7 rings (SSSR count). The van der Waals surface area contributed by atoms with Gasteiger partial charge in [-0.2, -0.15) is 4.31 Å². The van der Waals surface area contributed by atoms with Crippen molar-refractivity contribution in [3.05, 3.63) is 71.6 Å². The lowest BCUT2D eigenvalue weighted by molar-refractivity contribution is -0.147. The summed E-state index contributed by atoms with van der Waals surface area (Å²) >= 11 is 1.45. The molecule has 0 spiro atoms. The molecule has 1 fully saturated rings. The van der Waals surface area contributed by atoms with Crippen molar-refractivity contribution in [1.82, 2.24) is 35.1 Å². The molecule has 19 heteroatoms. The lowest BCUT2D eigenvalue weighted by Gasteiger charge is -2.37. The minimum atomic E-state index is -3.84. The van der Waals surface area contributed by atoms with Gasteiger partial charge in [0.05, 0.1) is 29.8 Å². The number of amides is 4. The van der Waals surface area contributed by atoms with E-state index in [0.717, 1.165) is 10.7 Å². The summed E-state index contributed by atoms with van der Waals surface area (Å²) in [5.74, 6) is -1.42. The minimum absolute atomic E-state index is 0.00646. The first kappa shape index (κ1) is 50.1. The number of thiazole rings is 1. The van der Waals surface area contributed by atoms with Crippen LogP contribution in [-0.2, 0) is 30.8 Å². The average Bonchev–Trinajstić information content (AvgIpc) is 3.94. The molecule has 2 aromatic heterocycles. The molecule has 5 atom stereocenters. The van der Waals surface area contributed by atoms with Crippen molar-refractivity contribution in [3.63, 3.8) is 0 Å². The number of allylic oxidation sites excluding steroid dienone is 1. The smallest absolute Gasteiger partial charge is 0.333 e. The van der Waals surface area contributed by atoms with E-state index in [4.69, 9.17) is 19.4 Å². The number of nitrogens with zero attached hydrogens (tertiary/aromatic N) is 4. The van der Waals surface area contributed by atoms with Crippen molar-refractivity contribution < 1.29 is 42.2 Å². The monoisotopic (exact) mass is 972 g/mol. The Morgan fingerprint density at radius 3 is 2.56 bits per heavy atom. The predicted molar refractivity (Wildman–Crippen MR) is 261 cm³/mol. The van der Waals surface area contributed by atoms with E-state index in [1.54, 1.807) is 50.4 Å². The van der Waals surface area contributed by atoms with Crippen LogP contribution in [0.1, 0.15) is 92.1 Å². The minimum Gasteiger partial charge on any atom is -0.497 e. The van der Waals surface area contributed by atoms with Gasteiger partial charge in [-0.1, -0.05) is 70.9 Å². The number of hydrogen-bond donors (Lipinski definition) is 5. The van der Waals surface area contributed by atoms with Crippen molar-refractivity contribution in [3.8, 4) is 22.9 Å². The molecule has 0 saturated carbocycles. The summed E-state index contributed by atoms with van der Waals surface area (Å²) in [5.41, 5.74) is 0.140. The molecule has 0 radical (unpaired) electrons. The highest BCUT2D eigenvalue weighted by Crippen LogP contribution is 2.36. The van der Waals surface area contributed by atoms with Gasteiger partial charge in [-0.3, -0.25) is 9.59 Å². The highest BCUT2D eigenvalue weighted by molar-refractivity contribution is 7.89. The number of ether oxygens (including phenoxy) is 2. The second-order valence-electron chi connectivity index (χ2n) is 19.2. The van der Waals surface area contributed by atoms with Gasteiger partial charge in [-0.05, 0) is 75.1 Å². The van der Waals surface area contributed by atoms with Gasteiger partial charge < -0.3 is 40.7 Å². The van der Waals surface area contributed by atoms with Crippen LogP contribution in [0.4, 0.5) is 9.93 Å². The molecule has 1 unspecified atom stereocenters. The Morgan fingerprint density at radius 2 is 1.84 bits per heavy atom. The van der Waals surface area contributed by atoms with Crippen LogP contribution in [-0.4, -0.2) is 119 Å². The number of sulfonamides is 1. The second-order valence-corrected chi connectivity index (χ2v) is 21.9. The number of methoxy groups -OCH3 is 1. The molecule has 4 amide bonds. The molecule has 2 aromatic carbocycles. The zero-order chi connectivity index (χ0) is 49.0. The maximum absolute atomic E-state index is 15.0. The molecule has 17 nitrogen and oxygen atoms in total. The fourth-order valence-electron chi connectivity index (χ4n) is 8.90. The highest BCUT2D eigenvalue weighted by Gasteiger charge is 2.47. The number of carboxylic acids is 1. The number of carbonyl (C=O) groups is 4. The van der Waals surface area contributed by atoms with Crippen LogP contribution in [0.3, 0.4) is 0 Å². The Bertz CT molecular complexity index is 2650. The number of nitrogens with one attached hydrogen (secondary N) is 4. The molecule has 4 aromatic rings. The van der Waals surface area contributed by atoms with Crippen LogP contribution >= 0.6 is 11.3 Å². The van der Waals surface area contributed by atoms with Crippen LogP contribution in [0.15, 0.2) is 71.0 Å². The SMILES string of the molecule is CC[C@]1(C(=O)O)/C=C\CCCCC[C@H](NC(=O)NC(CN2CCc3ccccc3S2(=O)=O)C(C)(C)C)C(=O)N2C[C@H](Oc3cc(-c4csc(NC(C)C)n4)nc4cc(OC)ccc34)C[C@H]2C(=O)N1. The Kier molecular flexibility index (Phi) is 15.3. The maximum atomic E-state index is 15.0. The molecular formula is C49H64N8O9S2. The van der Waals surface area contributed by atoms with Gasteiger partial charge in [0, 0.05) is 54.5 Å². The predicted octanol–water partition coefficient (Wildman–Crippen LogP) is 6.73. The summed E-state index contributed by atoms with van der Waals surface area (Å²) in [4.78, 5) is 67.9. The van der Waals surface area contributed by atoms with E-state index in [0.29, 0.717) is 65.9 Å². The van der Waals surface area contributed by atoms with Crippen LogP contribution in [0.25, 0.3) is 22.3 Å². The van der Waals surface area contributed by atoms with Gasteiger partial charge in [0.25, 0.3) is 0 Å². The van der Waals surface area contributed by atoms with Gasteiger partial charge in [-0.25, -0.2) is 28.0 Å². The number of pyridine rings is 1. The third-order valence-corrected chi connectivity index (χ3v) is 15.7. The van der Waals surface area contributed by atoms with Crippen molar-refractivity contribution in [2.75, 3.05) is 32.1 Å². The van der Waals surface area contributed by atoms with Crippen molar-refractivity contribution in [1.29, 1.82) is 0 Å². The third-order valence-electron chi connectivity index (χ3n) is 12.9. The van der Waals surface area contributed by atoms with Gasteiger partial charge in [0.15, 0.2) is 10.7 Å². The van der Waals surface area contributed by atoms with Gasteiger partial charge in [0.2, 0.25) is 21.8 Å². The van der Waals surface area contributed by atoms with Gasteiger partial charge in [-0.15, -0.1) is 11.3 Å². The first-order valence-corrected chi connectivity index (χ1v) is 25.7. The number of carboxylic acid groups (broad SMARTS) is 1. The lowest BCUT2D eigenvalue weighted by atomic mass is 9.86. The van der Waals surface area contributed by atoms with Crippen LogP contribution < -0.4 is 30.7 Å². The Labute approximate surface area is 402 Å². The third kappa shape index (κ3) is 11.2. The molecule has 68 heavy (non-hydrogen) atoms. The molecular weight excluding hydrogens is 909 g/mol. The van der Waals surface area contributed by atoms with E-state index in [2.05, 4.69) is 21.3 Å². The first-order valence-electron chi connectivity index (χ1n) is 23.4. The number of aromatic nitrogens is 2. The fraction of sp³-hybridized carbons (Fsp3) is 0.510. The molecule has 5 N–H and O–H groups in total. The second kappa shape index (κ2) is 20.8. The van der Waals surface area contributed by atoms with Crippen molar-refractivity contribution >= 4 is 61.2 Å². The summed E-state index contributed by atoms with van der Waals surface area (Å²) in [6.45, 7) is 11.7. The topological polar surface area (TPSA) is 221 Å². The fourth-order valence-corrected chi connectivity index (χ4v) is 11.5. The Hall–Kier alpha value is -5.79. The molecule has 3 aliphatic heterocycles. The number of fused-ring (bicyclic) bond motifs is 3. The number of carbonyl (C=O) groups excluding carboxylic acids is 3. The number of aliphatic carboxylic acids is 1. The summed E-state index contributed by atoms with van der Waals surface area (Å²) < 4.78 is 41.3. The van der Waals surface area contributed by atoms with E-state index in [1.807, 2.05) is 58.2 Å². The summed E-state index contributed by atoms with van der Waals surface area (Å²) in [7, 11) is -2.27. The molecule has 0 aliphatic carbocycles. The zero-order valence-corrected chi connectivity index (χ0v) is 41.5. The van der Waals surface area contributed by atoms with E-state index in [9.17, 15) is 27.9 Å². The molecule has 1 saturated heterocycles. The van der Waals surface area contributed by atoms with Gasteiger partial charge >= 0.3 is 12.0 Å². The van der Waals surface area contributed by atoms with E-state index in [1.165, 1.54) is 26.6 Å². The van der Waals surface area contributed by atoms with Crippen LogP contribution in [0.5, 0.6) is 11.5 Å². The van der Waals surface area contributed by atoms with E-state index in [-0.39, 0.29) is 49.8 Å². The number of anilines is 1. The van der Waals surface area contributed by atoms with E-state index < -0.39 is 69.0 Å². The molecule has 366 valence electrons. The quantitative estimate of drug-likeness (QED) is 0.0933. The number of benzene rings is 2. The molecule has 5 heterocycles. The van der Waals surface area contributed by atoms with E-state index >= 15 is 4.79 Å². The first-order chi connectivity index (χ1) is 32.3. The van der Waals surface area contributed by atoms with Crippen LogP contribution in [0.2, 0.25) is 0 Å². The van der Waals surface area contributed by atoms with Crippen molar-refractivity contribution in [2.45, 2.75) is 134 Å². The summed E-state index contributed by atoms with van der Waals surface area (Å²) in [6.07, 6.45) is 5.84. The normalized spacial score (nSPS) is 23.4. The largest absolute Gasteiger partial charge is 0.497 e. The zero-order valence-electron chi connectivity index (χ0n) is 39.8. The summed E-state index contributed by atoms with van der Waals surface area (Å²) in [6, 6.07) is 10.7. The van der Waals surface area contributed by atoms with Crippen molar-refractivity contribution in [2.24, 2.45) is 5.41 Å². The Morgan fingerprint density at radius 1 is 1.06 bits per heavy atom.